The maximum Gasteiger partial charge on any atom is 0.238 e. The predicted molar refractivity (Wildman–Crippen MR) is 115 cm³/mol. The Labute approximate surface area is 165 Å². The van der Waals surface area contributed by atoms with E-state index in [9.17, 15) is 9.59 Å². The zero-order valence-corrected chi connectivity index (χ0v) is 16.2. The van der Waals surface area contributed by atoms with Crippen molar-refractivity contribution in [2.45, 2.75) is 13.3 Å². The average Bonchev–Trinajstić information content (AvgIpc) is 2.68. The van der Waals surface area contributed by atoms with E-state index < -0.39 is 0 Å². The number of likely N-dealkylation sites (N-methyl/N-ethyl adjacent to an activating group) is 1. The molecule has 0 aromatic heterocycles. The summed E-state index contributed by atoms with van der Waals surface area (Å²) in [6.07, 6.45) is 0.847. The third-order valence-electron chi connectivity index (χ3n) is 4.56. The molecule has 0 radical (unpaired) electrons. The molecule has 0 atom stereocenters. The second-order valence-corrected chi connectivity index (χ2v) is 6.81. The summed E-state index contributed by atoms with van der Waals surface area (Å²) in [6, 6.07) is 21.5. The average molecular weight is 375 g/mol. The lowest BCUT2D eigenvalue weighted by Gasteiger charge is -2.17. The van der Waals surface area contributed by atoms with Gasteiger partial charge in [-0.2, -0.15) is 0 Å². The highest BCUT2D eigenvalue weighted by molar-refractivity contribution is 6.03. The van der Waals surface area contributed by atoms with E-state index in [0.29, 0.717) is 0 Å². The van der Waals surface area contributed by atoms with Gasteiger partial charge in [0.25, 0.3) is 0 Å². The van der Waals surface area contributed by atoms with Crippen LogP contribution in [-0.2, 0) is 16.0 Å². The molecule has 0 aliphatic carbocycles. The summed E-state index contributed by atoms with van der Waals surface area (Å²) in [5.41, 5.74) is 2.69. The van der Waals surface area contributed by atoms with E-state index in [1.165, 1.54) is 0 Å². The summed E-state index contributed by atoms with van der Waals surface area (Å²) in [5, 5.41) is 7.94. The number of rotatable bonds is 7. The number of amides is 2. The number of anilines is 2. The van der Waals surface area contributed by atoms with Crippen molar-refractivity contribution in [3.63, 3.8) is 0 Å². The number of fused-ring (bicyclic) bond motifs is 1. The van der Waals surface area contributed by atoms with Crippen molar-refractivity contribution in [1.29, 1.82) is 0 Å². The molecule has 0 unspecified atom stereocenters. The van der Waals surface area contributed by atoms with Crippen LogP contribution >= 0.6 is 0 Å². The SMILES string of the molecule is CCc1ccccc1NC(=O)CN(C)CC(=O)Nc1cccc2ccccc12. The first kappa shape index (κ1) is 19.6. The molecule has 144 valence electrons. The Morgan fingerprint density at radius 2 is 1.36 bits per heavy atom. The van der Waals surface area contributed by atoms with Crippen LogP contribution in [0.25, 0.3) is 10.8 Å². The fourth-order valence-electron chi connectivity index (χ4n) is 3.21. The molecule has 0 fully saturated rings. The van der Waals surface area contributed by atoms with E-state index in [0.717, 1.165) is 34.1 Å². The number of nitrogens with one attached hydrogen (secondary N) is 2. The third kappa shape index (κ3) is 4.96. The summed E-state index contributed by atoms with van der Waals surface area (Å²) < 4.78 is 0. The lowest BCUT2D eigenvalue weighted by molar-refractivity contribution is -0.119. The molecule has 2 N–H and O–H groups in total. The number of benzene rings is 3. The summed E-state index contributed by atoms with van der Waals surface area (Å²) in [4.78, 5) is 26.4. The predicted octanol–water partition coefficient (Wildman–Crippen LogP) is 3.91. The van der Waals surface area contributed by atoms with Crippen LogP contribution in [0, 0.1) is 0 Å². The van der Waals surface area contributed by atoms with E-state index in [4.69, 9.17) is 0 Å². The van der Waals surface area contributed by atoms with Crippen molar-refractivity contribution < 1.29 is 9.59 Å². The molecule has 28 heavy (non-hydrogen) atoms. The molecule has 0 spiro atoms. The Morgan fingerprint density at radius 3 is 2.11 bits per heavy atom. The molecule has 0 aliphatic rings. The second-order valence-electron chi connectivity index (χ2n) is 6.81. The van der Waals surface area contributed by atoms with Gasteiger partial charge in [-0.15, -0.1) is 0 Å². The molecule has 0 bridgehead atoms. The van der Waals surface area contributed by atoms with Crippen LogP contribution in [0.1, 0.15) is 12.5 Å². The zero-order valence-electron chi connectivity index (χ0n) is 16.2. The minimum atomic E-state index is -0.152. The standard InChI is InChI=1S/C23H25N3O2/c1-3-17-9-5-7-13-20(17)24-22(27)15-26(2)16-23(28)25-21-14-8-11-18-10-4-6-12-19(18)21/h4-14H,3,15-16H2,1-2H3,(H,24,27)(H,25,28). The highest BCUT2D eigenvalue weighted by atomic mass is 16.2. The van der Waals surface area contributed by atoms with Crippen molar-refractivity contribution >= 4 is 34.0 Å². The highest BCUT2D eigenvalue weighted by Crippen LogP contribution is 2.22. The van der Waals surface area contributed by atoms with Gasteiger partial charge in [0.1, 0.15) is 0 Å². The highest BCUT2D eigenvalue weighted by Gasteiger charge is 2.13. The van der Waals surface area contributed by atoms with Gasteiger partial charge in [0.2, 0.25) is 11.8 Å². The van der Waals surface area contributed by atoms with Crippen molar-refractivity contribution in [2.24, 2.45) is 0 Å². The van der Waals surface area contributed by atoms with Gasteiger partial charge in [0, 0.05) is 16.8 Å². The quantitative estimate of drug-likeness (QED) is 0.658. The number of nitrogens with zero attached hydrogens (tertiary/aromatic N) is 1. The first-order valence-electron chi connectivity index (χ1n) is 9.40. The molecule has 3 aromatic rings. The number of carbonyl (C=O) groups excluding carboxylic acids is 2. The van der Waals surface area contributed by atoms with Crippen molar-refractivity contribution in [2.75, 3.05) is 30.8 Å². The molecule has 0 saturated heterocycles. The molecule has 0 saturated carbocycles. The summed E-state index contributed by atoms with van der Waals surface area (Å²) in [7, 11) is 1.76. The normalized spacial score (nSPS) is 10.8. The summed E-state index contributed by atoms with van der Waals surface area (Å²) >= 11 is 0. The first-order valence-corrected chi connectivity index (χ1v) is 9.40. The zero-order chi connectivity index (χ0) is 19.9. The molecule has 2 amide bonds. The number of aryl methyl sites for hydroxylation is 1. The van der Waals surface area contributed by atoms with Crippen LogP contribution in [-0.4, -0.2) is 36.9 Å². The number of hydrogen-bond donors (Lipinski definition) is 2. The van der Waals surface area contributed by atoms with Crippen LogP contribution in [0.5, 0.6) is 0 Å². The van der Waals surface area contributed by atoms with Gasteiger partial charge < -0.3 is 10.6 Å². The van der Waals surface area contributed by atoms with Gasteiger partial charge in [0.05, 0.1) is 13.1 Å². The van der Waals surface area contributed by atoms with Gasteiger partial charge in [-0.25, -0.2) is 0 Å². The molecule has 3 rings (SSSR count). The lowest BCUT2D eigenvalue weighted by atomic mass is 10.1. The monoisotopic (exact) mass is 375 g/mol. The van der Waals surface area contributed by atoms with Gasteiger partial charge in [-0.3, -0.25) is 14.5 Å². The minimum Gasteiger partial charge on any atom is -0.325 e. The maximum atomic E-state index is 12.4. The molecular weight excluding hydrogens is 350 g/mol. The van der Waals surface area contributed by atoms with Gasteiger partial charge in [-0.1, -0.05) is 61.5 Å². The number of hydrogen-bond acceptors (Lipinski definition) is 3. The van der Waals surface area contributed by atoms with Gasteiger partial charge >= 0.3 is 0 Å². The van der Waals surface area contributed by atoms with Crippen LogP contribution in [0.15, 0.2) is 66.7 Å². The molecule has 5 nitrogen and oxygen atoms in total. The van der Waals surface area contributed by atoms with E-state index in [1.807, 2.05) is 66.7 Å². The maximum absolute atomic E-state index is 12.4. The molecule has 0 aliphatic heterocycles. The second kappa shape index (κ2) is 9.15. The van der Waals surface area contributed by atoms with E-state index in [2.05, 4.69) is 17.6 Å². The number of carbonyl (C=O) groups is 2. The van der Waals surface area contributed by atoms with E-state index in [-0.39, 0.29) is 24.9 Å². The topological polar surface area (TPSA) is 61.4 Å². The van der Waals surface area contributed by atoms with Crippen molar-refractivity contribution in [3.8, 4) is 0 Å². The Bertz CT molecular complexity index is 979. The Morgan fingerprint density at radius 1 is 0.786 bits per heavy atom. The minimum absolute atomic E-state index is 0.131. The Balaban J connectivity index is 1.56. The van der Waals surface area contributed by atoms with Gasteiger partial charge in [0.15, 0.2) is 0 Å². The van der Waals surface area contributed by atoms with Crippen LogP contribution in [0.2, 0.25) is 0 Å². The van der Waals surface area contributed by atoms with Crippen molar-refractivity contribution in [1.82, 2.24) is 4.90 Å². The largest absolute Gasteiger partial charge is 0.325 e. The van der Waals surface area contributed by atoms with E-state index >= 15 is 0 Å². The molecular formula is C23H25N3O2. The smallest absolute Gasteiger partial charge is 0.238 e. The molecule has 3 aromatic carbocycles. The molecule has 5 heteroatoms. The van der Waals surface area contributed by atoms with Crippen LogP contribution in [0.3, 0.4) is 0 Å². The first-order chi connectivity index (χ1) is 13.6. The summed E-state index contributed by atoms with van der Waals surface area (Å²) in [5.74, 6) is -0.290. The fourth-order valence-corrected chi connectivity index (χ4v) is 3.21. The number of para-hydroxylation sites is 1. The van der Waals surface area contributed by atoms with Gasteiger partial charge in [-0.05, 0) is 36.6 Å². The Kier molecular flexibility index (Phi) is 6.40. The lowest BCUT2D eigenvalue weighted by Crippen LogP contribution is -2.36. The summed E-state index contributed by atoms with van der Waals surface area (Å²) in [6.45, 7) is 2.32. The fraction of sp³-hybridized carbons (Fsp3) is 0.217. The van der Waals surface area contributed by atoms with Crippen LogP contribution < -0.4 is 10.6 Å². The van der Waals surface area contributed by atoms with E-state index in [1.54, 1.807) is 11.9 Å². The van der Waals surface area contributed by atoms with Crippen molar-refractivity contribution in [3.05, 3.63) is 72.3 Å². The van der Waals surface area contributed by atoms with Crippen LogP contribution in [0.4, 0.5) is 11.4 Å². The molecule has 0 heterocycles. The Hall–Kier alpha value is -3.18. The third-order valence-corrected chi connectivity index (χ3v) is 4.56.